The number of nitrogens with one attached hydrogen (secondary N) is 1. The molecule has 1 aromatic rings. The Morgan fingerprint density at radius 1 is 1.20 bits per heavy atom. The fourth-order valence-corrected chi connectivity index (χ4v) is 4.02. The second-order valence-corrected chi connectivity index (χ2v) is 7.65. The molecule has 2 rings (SSSR count). The molecule has 0 spiro atoms. The average molecular weight is 294 g/mol. The van der Waals surface area contributed by atoms with Crippen LogP contribution in [0.4, 0.5) is 0 Å². The molecule has 0 radical (unpaired) electrons. The minimum atomic E-state index is 0.321. The summed E-state index contributed by atoms with van der Waals surface area (Å²) < 4.78 is 0. The van der Waals surface area contributed by atoms with Crippen LogP contribution in [-0.2, 0) is 6.42 Å². The van der Waals surface area contributed by atoms with Gasteiger partial charge in [0.25, 0.3) is 0 Å². The van der Waals surface area contributed by atoms with Gasteiger partial charge < -0.3 is 5.32 Å². The van der Waals surface area contributed by atoms with Gasteiger partial charge in [-0.3, -0.25) is 0 Å². The van der Waals surface area contributed by atoms with Crippen LogP contribution in [0.15, 0.2) is 24.3 Å². The third kappa shape index (κ3) is 3.77. The molecule has 1 aromatic carbocycles. The van der Waals surface area contributed by atoms with E-state index in [-0.39, 0.29) is 0 Å². The second-order valence-electron chi connectivity index (χ2n) is 7.21. The zero-order valence-electron chi connectivity index (χ0n) is 13.2. The smallest absolute Gasteiger partial charge is 0.0406 e. The van der Waals surface area contributed by atoms with Crippen LogP contribution in [0.2, 0.25) is 5.02 Å². The minimum absolute atomic E-state index is 0.321. The van der Waals surface area contributed by atoms with Crippen molar-refractivity contribution in [2.75, 3.05) is 7.05 Å². The molecule has 20 heavy (non-hydrogen) atoms. The summed E-state index contributed by atoms with van der Waals surface area (Å²) in [5, 5.41) is 4.39. The Morgan fingerprint density at radius 2 is 1.85 bits per heavy atom. The van der Waals surface area contributed by atoms with E-state index in [0.29, 0.717) is 11.5 Å². The van der Waals surface area contributed by atoms with Crippen LogP contribution in [-0.4, -0.2) is 13.1 Å². The van der Waals surface area contributed by atoms with Crippen LogP contribution in [0.5, 0.6) is 0 Å². The van der Waals surface area contributed by atoms with E-state index in [1.54, 1.807) is 0 Å². The summed E-state index contributed by atoms with van der Waals surface area (Å²) >= 11 is 5.98. The topological polar surface area (TPSA) is 12.0 Å². The van der Waals surface area contributed by atoms with E-state index in [9.17, 15) is 0 Å². The number of hydrogen-bond donors (Lipinski definition) is 1. The molecule has 3 atom stereocenters. The number of hydrogen-bond acceptors (Lipinski definition) is 1. The van der Waals surface area contributed by atoms with E-state index >= 15 is 0 Å². The standard InChI is InChI=1S/C18H28ClN/c1-13-5-10-16(17(11-13)20-4)18(2,3)12-14-6-8-15(19)9-7-14/h6-9,13,16-17,20H,5,10-12H2,1-4H3. The summed E-state index contributed by atoms with van der Waals surface area (Å²) in [6.07, 6.45) is 5.15. The number of halogens is 1. The highest BCUT2D eigenvalue weighted by atomic mass is 35.5. The normalized spacial score (nSPS) is 27.6. The van der Waals surface area contributed by atoms with Crippen molar-refractivity contribution in [3.63, 3.8) is 0 Å². The predicted octanol–water partition coefficient (Wildman–Crippen LogP) is 4.93. The second kappa shape index (κ2) is 6.49. The molecule has 0 bridgehead atoms. The average Bonchev–Trinajstić information content (AvgIpc) is 2.40. The van der Waals surface area contributed by atoms with E-state index in [4.69, 9.17) is 11.6 Å². The van der Waals surface area contributed by atoms with Crippen LogP contribution in [0.1, 0.15) is 45.6 Å². The van der Waals surface area contributed by atoms with Gasteiger partial charge in [-0.1, -0.05) is 50.9 Å². The largest absolute Gasteiger partial charge is 0.317 e. The molecular weight excluding hydrogens is 266 g/mol. The highest BCUT2D eigenvalue weighted by Gasteiger charge is 2.38. The molecule has 0 aliphatic heterocycles. The maximum absolute atomic E-state index is 5.98. The first-order valence-electron chi connectivity index (χ1n) is 7.84. The lowest BCUT2D eigenvalue weighted by atomic mass is 9.64. The highest BCUT2D eigenvalue weighted by Crippen LogP contribution is 2.42. The summed E-state index contributed by atoms with van der Waals surface area (Å²) in [6, 6.07) is 9.01. The first-order valence-corrected chi connectivity index (χ1v) is 8.22. The van der Waals surface area contributed by atoms with Gasteiger partial charge in [-0.15, -0.1) is 0 Å². The van der Waals surface area contributed by atoms with Gasteiger partial charge in [0, 0.05) is 11.1 Å². The van der Waals surface area contributed by atoms with Crippen molar-refractivity contribution in [2.45, 2.75) is 52.5 Å². The molecule has 1 saturated carbocycles. The molecular formula is C18H28ClN. The van der Waals surface area contributed by atoms with Crippen LogP contribution in [0, 0.1) is 17.3 Å². The van der Waals surface area contributed by atoms with Gasteiger partial charge in [-0.2, -0.15) is 0 Å². The molecule has 1 N–H and O–H groups in total. The van der Waals surface area contributed by atoms with Crippen LogP contribution < -0.4 is 5.32 Å². The van der Waals surface area contributed by atoms with E-state index in [0.717, 1.165) is 23.3 Å². The van der Waals surface area contributed by atoms with Crippen LogP contribution >= 0.6 is 11.6 Å². The lowest BCUT2D eigenvalue weighted by Crippen LogP contribution is -2.46. The Morgan fingerprint density at radius 3 is 2.45 bits per heavy atom. The van der Waals surface area contributed by atoms with Crippen molar-refractivity contribution in [1.82, 2.24) is 5.32 Å². The Bertz CT molecular complexity index is 424. The molecule has 0 aromatic heterocycles. The molecule has 1 nitrogen and oxygen atoms in total. The number of rotatable bonds is 4. The lowest BCUT2D eigenvalue weighted by molar-refractivity contribution is 0.0980. The Balaban J connectivity index is 2.10. The summed E-state index contributed by atoms with van der Waals surface area (Å²) in [4.78, 5) is 0. The molecule has 1 aliphatic carbocycles. The monoisotopic (exact) mass is 293 g/mol. The summed E-state index contributed by atoms with van der Waals surface area (Å²) in [6.45, 7) is 7.23. The molecule has 2 heteroatoms. The molecule has 0 amide bonds. The quantitative estimate of drug-likeness (QED) is 0.830. The van der Waals surface area contributed by atoms with Crippen molar-refractivity contribution in [3.8, 4) is 0 Å². The first kappa shape index (κ1) is 15.9. The van der Waals surface area contributed by atoms with Gasteiger partial charge in [0.15, 0.2) is 0 Å². The Kier molecular flexibility index (Phi) is 5.14. The zero-order valence-corrected chi connectivity index (χ0v) is 14.0. The maximum atomic E-state index is 5.98. The van der Waals surface area contributed by atoms with Gasteiger partial charge in [0.1, 0.15) is 0 Å². The third-order valence-electron chi connectivity index (χ3n) is 5.06. The highest BCUT2D eigenvalue weighted by molar-refractivity contribution is 6.30. The lowest BCUT2D eigenvalue weighted by Gasteiger charge is -2.44. The number of benzene rings is 1. The predicted molar refractivity (Wildman–Crippen MR) is 88.3 cm³/mol. The van der Waals surface area contributed by atoms with Gasteiger partial charge >= 0.3 is 0 Å². The first-order chi connectivity index (χ1) is 9.42. The van der Waals surface area contributed by atoms with Crippen molar-refractivity contribution in [1.29, 1.82) is 0 Å². The van der Waals surface area contributed by atoms with Gasteiger partial charge in [0.2, 0.25) is 0 Å². The Labute approximate surface area is 129 Å². The van der Waals surface area contributed by atoms with E-state index in [1.165, 1.54) is 24.8 Å². The fourth-order valence-electron chi connectivity index (χ4n) is 3.89. The van der Waals surface area contributed by atoms with Crippen LogP contribution in [0.3, 0.4) is 0 Å². The minimum Gasteiger partial charge on any atom is -0.317 e. The van der Waals surface area contributed by atoms with Crippen molar-refractivity contribution in [3.05, 3.63) is 34.9 Å². The van der Waals surface area contributed by atoms with E-state index in [1.807, 2.05) is 12.1 Å². The van der Waals surface area contributed by atoms with Gasteiger partial charge in [-0.25, -0.2) is 0 Å². The fraction of sp³-hybridized carbons (Fsp3) is 0.667. The third-order valence-corrected chi connectivity index (χ3v) is 5.31. The molecule has 1 fully saturated rings. The van der Waals surface area contributed by atoms with E-state index in [2.05, 4.69) is 45.3 Å². The Hall–Kier alpha value is -0.530. The molecule has 112 valence electrons. The van der Waals surface area contributed by atoms with Crippen molar-refractivity contribution >= 4 is 11.6 Å². The SMILES string of the molecule is CNC1CC(C)CCC1C(C)(C)Cc1ccc(Cl)cc1. The molecule has 1 aliphatic rings. The van der Waals surface area contributed by atoms with Gasteiger partial charge in [-0.05, 0) is 61.3 Å². The maximum Gasteiger partial charge on any atom is 0.0406 e. The molecule has 3 unspecified atom stereocenters. The van der Waals surface area contributed by atoms with E-state index < -0.39 is 0 Å². The van der Waals surface area contributed by atoms with Gasteiger partial charge in [0.05, 0.1) is 0 Å². The molecule has 0 saturated heterocycles. The summed E-state index contributed by atoms with van der Waals surface area (Å²) in [5.41, 5.74) is 1.72. The zero-order chi connectivity index (χ0) is 14.8. The van der Waals surface area contributed by atoms with Crippen molar-refractivity contribution in [2.24, 2.45) is 17.3 Å². The summed E-state index contributed by atoms with van der Waals surface area (Å²) in [7, 11) is 2.12. The van der Waals surface area contributed by atoms with Crippen LogP contribution in [0.25, 0.3) is 0 Å². The van der Waals surface area contributed by atoms with Crippen molar-refractivity contribution < 1.29 is 0 Å². The summed E-state index contributed by atoms with van der Waals surface area (Å²) in [5.74, 6) is 1.61. The molecule has 0 heterocycles.